The molecule has 0 unspecified atom stereocenters. The molecule has 76 valence electrons. The van der Waals surface area contributed by atoms with Crippen molar-refractivity contribution in [3.05, 3.63) is 23.8 Å². The Bertz CT molecular complexity index is 321. The van der Waals surface area contributed by atoms with Crippen LogP contribution in [0.1, 0.15) is 12.0 Å². The van der Waals surface area contributed by atoms with Crippen LogP contribution in [0.2, 0.25) is 0 Å². The van der Waals surface area contributed by atoms with Gasteiger partial charge in [-0.15, -0.1) is 0 Å². The normalized spacial score (nSPS) is 20.2. The Balaban J connectivity index is 1.96. The summed E-state index contributed by atoms with van der Waals surface area (Å²) >= 11 is 0. The van der Waals surface area contributed by atoms with Crippen molar-refractivity contribution in [2.75, 3.05) is 24.2 Å². The monoisotopic (exact) mass is 192 g/mol. The fraction of sp³-hybridized carbons (Fsp3) is 0.455. The summed E-state index contributed by atoms with van der Waals surface area (Å²) in [6.07, 6.45) is 1.52. The predicted molar refractivity (Wildman–Crippen MR) is 58.4 cm³/mol. The Morgan fingerprint density at radius 2 is 2.36 bits per heavy atom. The number of hydrogen-bond acceptors (Lipinski definition) is 3. The van der Waals surface area contributed by atoms with Crippen molar-refractivity contribution in [1.29, 1.82) is 0 Å². The molecule has 0 saturated carbocycles. The quantitative estimate of drug-likeness (QED) is 0.718. The van der Waals surface area contributed by atoms with Crippen LogP contribution in [-0.4, -0.2) is 19.3 Å². The van der Waals surface area contributed by atoms with Crippen molar-refractivity contribution in [2.45, 2.75) is 19.4 Å². The van der Waals surface area contributed by atoms with Crippen LogP contribution < -0.4 is 11.1 Å². The summed E-state index contributed by atoms with van der Waals surface area (Å²) in [5.41, 5.74) is 8.87. The van der Waals surface area contributed by atoms with Crippen molar-refractivity contribution in [3.8, 4) is 0 Å². The molecule has 0 aliphatic carbocycles. The summed E-state index contributed by atoms with van der Waals surface area (Å²) in [7, 11) is 0. The molecule has 0 amide bonds. The largest absolute Gasteiger partial charge is 0.397 e. The Labute approximate surface area is 84.3 Å². The molecular weight excluding hydrogens is 176 g/mol. The molecule has 0 aromatic heterocycles. The number of rotatable bonds is 3. The van der Waals surface area contributed by atoms with Gasteiger partial charge in [0.1, 0.15) is 0 Å². The topological polar surface area (TPSA) is 47.3 Å². The maximum absolute atomic E-state index is 5.83. The number of benzene rings is 1. The minimum Gasteiger partial charge on any atom is -0.397 e. The van der Waals surface area contributed by atoms with Crippen LogP contribution in [0.3, 0.4) is 0 Å². The zero-order valence-electron chi connectivity index (χ0n) is 8.42. The smallest absolute Gasteiger partial charge is 0.0769 e. The van der Waals surface area contributed by atoms with Gasteiger partial charge in [0.05, 0.1) is 17.5 Å². The highest BCUT2D eigenvalue weighted by atomic mass is 16.5. The predicted octanol–water partition coefficient (Wildman–Crippen LogP) is 1.78. The first kappa shape index (κ1) is 9.34. The highest BCUT2D eigenvalue weighted by Gasteiger charge is 2.17. The maximum Gasteiger partial charge on any atom is 0.0769 e. The molecule has 0 bridgehead atoms. The van der Waals surface area contributed by atoms with E-state index in [4.69, 9.17) is 10.5 Å². The van der Waals surface area contributed by atoms with Gasteiger partial charge in [-0.1, -0.05) is 6.07 Å². The van der Waals surface area contributed by atoms with E-state index in [1.165, 1.54) is 5.56 Å². The van der Waals surface area contributed by atoms with Gasteiger partial charge in [0.2, 0.25) is 0 Å². The minimum absolute atomic E-state index is 0.370. The van der Waals surface area contributed by atoms with Gasteiger partial charge < -0.3 is 15.8 Å². The zero-order chi connectivity index (χ0) is 9.97. The lowest BCUT2D eigenvalue weighted by Crippen LogP contribution is -2.33. The standard InChI is InChI=1S/C11H16N2O/c1-8-2-3-10(12)11(6-8)13-7-9-4-5-14-9/h2-3,6,9,13H,4-5,7,12H2,1H3/t9-/m0/s1. The third kappa shape index (κ3) is 1.99. The number of ether oxygens (including phenoxy) is 1. The van der Waals surface area contributed by atoms with Gasteiger partial charge in [0.25, 0.3) is 0 Å². The highest BCUT2D eigenvalue weighted by molar-refractivity contribution is 5.66. The highest BCUT2D eigenvalue weighted by Crippen LogP contribution is 2.20. The van der Waals surface area contributed by atoms with E-state index in [1.807, 2.05) is 12.1 Å². The molecule has 0 spiro atoms. The second-order valence-electron chi connectivity index (χ2n) is 3.75. The molecule has 1 fully saturated rings. The molecule has 1 aromatic rings. The van der Waals surface area contributed by atoms with Gasteiger partial charge in [0.15, 0.2) is 0 Å². The molecular formula is C11H16N2O. The summed E-state index contributed by atoms with van der Waals surface area (Å²) < 4.78 is 5.32. The Kier molecular flexibility index (Phi) is 2.59. The van der Waals surface area contributed by atoms with E-state index in [9.17, 15) is 0 Å². The number of nitrogen functional groups attached to an aromatic ring is 1. The van der Waals surface area contributed by atoms with E-state index in [0.717, 1.165) is 30.9 Å². The molecule has 1 heterocycles. The molecule has 1 saturated heterocycles. The Morgan fingerprint density at radius 3 is 3.00 bits per heavy atom. The van der Waals surface area contributed by atoms with Crippen LogP contribution in [0.25, 0.3) is 0 Å². The van der Waals surface area contributed by atoms with Crippen LogP contribution in [-0.2, 0) is 4.74 Å². The van der Waals surface area contributed by atoms with E-state index < -0.39 is 0 Å². The zero-order valence-corrected chi connectivity index (χ0v) is 8.42. The summed E-state index contributed by atoms with van der Waals surface area (Å²) in [5, 5.41) is 3.31. The van der Waals surface area contributed by atoms with Crippen LogP contribution in [0.15, 0.2) is 18.2 Å². The van der Waals surface area contributed by atoms with Crippen LogP contribution in [0, 0.1) is 6.92 Å². The second kappa shape index (κ2) is 3.88. The summed E-state index contributed by atoms with van der Waals surface area (Å²) in [5.74, 6) is 0. The number of hydrogen-bond donors (Lipinski definition) is 2. The van der Waals surface area contributed by atoms with E-state index in [2.05, 4.69) is 18.3 Å². The minimum atomic E-state index is 0.370. The molecule has 1 atom stereocenters. The first-order valence-electron chi connectivity index (χ1n) is 4.97. The summed E-state index contributed by atoms with van der Waals surface area (Å²) in [6.45, 7) is 3.81. The van der Waals surface area contributed by atoms with Gasteiger partial charge in [-0.2, -0.15) is 0 Å². The lowest BCUT2D eigenvalue weighted by atomic mass is 10.1. The number of nitrogens with one attached hydrogen (secondary N) is 1. The maximum atomic E-state index is 5.83. The van der Waals surface area contributed by atoms with E-state index in [0.29, 0.717) is 6.10 Å². The molecule has 1 aromatic carbocycles. The van der Waals surface area contributed by atoms with Crippen molar-refractivity contribution in [3.63, 3.8) is 0 Å². The molecule has 3 heteroatoms. The fourth-order valence-electron chi connectivity index (χ4n) is 1.49. The van der Waals surface area contributed by atoms with Gasteiger partial charge in [-0.05, 0) is 31.0 Å². The average molecular weight is 192 g/mol. The summed E-state index contributed by atoms with van der Waals surface area (Å²) in [4.78, 5) is 0. The molecule has 1 aliphatic heterocycles. The van der Waals surface area contributed by atoms with Gasteiger partial charge >= 0.3 is 0 Å². The lowest BCUT2D eigenvalue weighted by molar-refractivity contribution is -0.0410. The fourth-order valence-corrected chi connectivity index (χ4v) is 1.49. The van der Waals surface area contributed by atoms with E-state index in [-0.39, 0.29) is 0 Å². The van der Waals surface area contributed by atoms with Crippen molar-refractivity contribution < 1.29 is 4.74 Å². The molecule has 0 radical (unpaired) electrons. The molecule has 14 heavy (non-hydrogen) atoms. The Hall–Kier alpha value is -1.22. The van der Waals surface area contributed by atoms with Crippen molar-refractivity contribution >= 4 is 11.4 Å². The van der Waals surface area contributed by atoms with E-state index >= 15 is 0 Å². The van der Waals surface area contributed by atoms with E-state index in [1.54, 1.807) is 0 Å². The second-order valence-corrected chi connectivity index (χ2v) is 3.75. The average Bonchev–Trinajstić information content (AvgIpc) is 2.08. The Morgan fingerprint density at radius 1 is 1.57 bits per heavy atom. The number of aryl methyl sites for hydroxylation is 1. The molecule has 3 N–H and O–H groups in total. The van der Waals surface area contributed by atoms with Gasteiger partial charge in [-0.25, -0.2) is 0 Å². The lowest BCUT2D eigenvalue weighted by Gasteiger charge is -2.27. The molecule has 1 aliphatic rings. The first-order valence-corrected chi connectivity index (χ1v) is 4.97. The summed E-state index contributed by atoms with van der Waals surface area (Å²) in [6, 6.07) is 6.01. The third-order valence-electron chi connectivity index (χ3n) is 2.52. The molecule has 2 rings (SSSR count). The SMILES string of the molecule is Cc1ccc(N)c(NC[C@@H]2CCO2)c1. The van der Waals surface area contributed by atoms with Crippen molar-refractivity contribution in [2.24, 2.45) is 0 Å². The number of anilines is 2. The van der Waals surface area contributed by atoms with Gasteiger partial charge in [0, 0.05) is 13.2 Å². The molecule has 3 nitrogen and oxygen atoms in total. The number of nitrogens with two attached hydrogens (primary N) is 1. The first-order chi connectivity index (χ1) is 6.75. The van der Waals surface area contributed by atoms with Crippen LogP contribution in [0.4, 0.5) is 11.4 Å². The van der Waals surface area contributed by atoms with Crippen LogP contribution in [0.5, 0.6) is 0 Å². The van der Waals surface area contributed by atoms with Gasteiger partial charge in [-0.3, -0.25) is 0 Å². The third-order valence-corrected chi connectivity index (χ3v) is 2.52. The van der Waals surface area contributed by atoms with Crippen LogP contribution >= 0.6 is 0 Å². The van der Waals surface area contributed by atoms with Crippen molar-refractivity contribution in [1.82, 2.24) is 0 Å².